The standard InChI is InChI=1S/C15H22N2O2/c1-12-10-16(2)14(8-9-18)15(19)17(11-12)13-6-4-3-5-7-13/h3-7,12,14,18H,8-11H2,1-2H3. The third-order valence-corrected chi connectivity index (χ3v) is 3.65. The van der Waals surface area contributed by atoms with E-state index in [0.717, 1.165) is 18.8 Å². The highest BCUT2D eigenvalue weighted by Gasteiger charge is 2.33. The zero-order valence-corrected chi connectivity index (χ0v) is 11.6. The van der Waals surface area contributed by atoms with Gasteiger partial charge in [0.15, 0.2) is 0 Å². The summed E-state index contributed by atoms with van der Waals surface area (Å²) in [4.78, 5) is 16.6. The van der Waals surface area contributed by atoms with Gasteiger partial charge in [-0.25, -0.2) is 0 Å². The van der Waals surface area contributed by atoms with Crippen LogP contribution in [0.5, 0.6) is 0 Å². The molecule has 1 fully saturated rings. The predicted octanol–water partition coefficient (Wildman–Crippen LogP) is 1.35. The van der Waals surface area contributed by atoms with Crippen molar-refractivity contribution in [3.8, 4) is 0 Å². The van der Waals surface area contributed by atoms with E-state index in [1.807, 2.05) is 42.3 Å². The van der Waals surface area contributed by atoms with E-state index >= 15 is 0 Å². The molecule has 2 atom stereocenters. The normalized spacial score (nSPS) is 25.4. The summed E-state index contributed by atoms with van der Waals surface area (Å²) >= 11 is 0. The highest BCUT2D eigenvalue weighted by molar-refractivity contribution is 5.97. The van der Waals surface area contributed by atoms with Gasteiger partial charge in [-0.15, -0.1) is 0 Å². The van der Waals surface area contributed by atoms with Gasteiger partial charge in [-0.05, 0) is 31.5 Å². The second-order valence-corrected chi connectivity index (χ2v) is 5.36. The van der Waals surface area contributed by atoms with Crippen LogP contribution in [0.1, 0.15) is 13.3 Å². The van der Waals surface area contributed by atoms with E-state index in [2.05, 4.69) is 11.8 Å². The molecule has 0 bridgehead atoms. The Bertz CT molecular complexity index is 421. The van der Waals surface area contributed by atoms with Gasteiger partial charge in [0.25, 0.3) is 0 Å². The number of aliphatic hydroxyl groups excluding tert-OH is 1. The van der Waals surface area contributed by atoms with Crippen LogP contribution in [0.15, 0.2) is 30.3 Å². The maximum atomic E-state index is 12.7. The van der Waals surface area contributed by atoms with E-state index in [9.17, 15) is 9.90 Å². The van der Waals surface area contributed by atoms with Gasteiger partial charge >= 0.3 is 0 Å². The molecule has 0 aliphatic carbocycles. The van der Waals surface area contributed by atoms with E-state index in [4.69, 9.17) is 0 Å². The SMILES string of the molecule is CC1CN(c2ccccc2)C(=O)C(CCO)N(C)C1. The maximum absolute atomic E-state index is 12.7. The largest absolute Gasteiger partial charge is 0.396 e. The number of hydrogen-bond donors (Lipinski definition) is 1. The van der Waals surface area contributed by atoms with Crippen molar-refractivity contribution in [2.45, 2.75) is 19.4 Å². The Morgan fingerprint density at radius 3 is 2.58 bits per heavy atom. The molecule has 1 amide bonds. The van der Waals surface area contributed by atoms with Gasteiger partial charge < -0.3 is 10.0 Å². The van der Waals surface area contributed by atoms with Crippen LogP contribution in [0.4, 0.5) is 5.69 Å². The number of carbonyl (C=O) groups is 1. The number of anilines is 1. The molecule has 0 saturated carbocycles. The van der Waals surface area contributed by atoms with Crippen LogP contribution in [0.3, 0.4) is 0 Å². The summed E-state index contributed by atoms with van der Waals surface area (Å²) in [5.41, 5.74) is 0.942. The minimum absolute atomic E-state index is 0.0394. The molecule has 1 saturated heterocycles. The van der Waals surface area contributed by atoms with E-state index < -0.39 is 0 Å². The molecule has 0 radical (unpaired) electrons. The molecular formula is C15H22N2O2. The van der Waals surface area contributed by atoms with Crippen LogP contribution < -0.4 is 4.90 Å². The topological polar surface area (TPSA) is 43.8 Å². The van der Waals surface area contributed by atoms with Gasteiger partial charge in [0.1, 0.15) is 0 Å². The van der Waals surface area contributed by atoms with Crippen molar-refractivity contribution in [3.63, 3.8) is 0 Å². The van der Waals surface area contributed by atoms with Gasteiger partial charge in [-0.3, -0.25) is 9.69 Å². The molecule has 1 N–H and O–H groups in total. The molecule has 1 aliphatic heterocycles. The van der Waals surface area contributed by atoms with Gasteiger partial charge in [0.05, 0.1) is 6.04 Å². The number of likely N-dealkylation sites (N-methyl/N-ethyl adjacent to an activating group) is 1. The Hall–Kier alpha value is -1.39. The molecule has 1 aromatic rings. The lowest BCUT2D eigenvalue weighted by Gasteiger charge is -2.27. The summed E-state index contributed by atoms with van der Waals surface area (Å²) in [5.74, 6) is 0.505. The smallest absolute Gasteiger partial charge is 0.244 e. The fourth-order valence-electron chi connectivity index (χ4n) is 2.75. The Morgan fingerprint density at radius 1 is 1.26 bits per heavy atom. The number of nitrogens with zero attached hydrogens (tertiary/aromatic N) is 2. The third-order valence-electron chi connectivity index (χ3n) is 3.65. The number of carbonyl (C=O) groups excluding carboxylic acids is 1. The fourth-order valence-corrected chi connectivity index (χ4v) is 2.75. The summed E-state index contributed by atoms with van der Waals surface area (Å²) in [6.07, 6.45) is 0.491. The van der Waals surface area contributed by atoms with Crippen molar-refractivity contribution in [2.24, 2.45) is 5.92 Å². The number of amides is 1. The quantitative estimate of drug-likeness (QED) is 0.894. The molecule has 2 rings (SSSR count). The van der Waals surface area contributed by atoms with Crippen LogP contribution in [0, 0.1) is 5.92 Å². The Kier molecular flexibility index (Phi) is 4.56. The highest BCUT2D eigenvalue weighted by atomic mass is 16.3. The van der Waals surface area contributed by atoms with Crippen molar-refractivity contribution in [1.82, 2.24) is 4.90 Å². The summed E-state index contributed by atoms with van der Waals surface area (Å²) in [5, 5.41) is 9.17. The average Bonchev–Trinajstić information content (AvgIpc) is 2.51. The molecule has 4 nitrogen and oxygen atoms in total. The van der Waals surface area contributed by atoms with E-state index in [-0.39, 0.29) is 18.6 Å². The summed E-state index contributed by atoms with van der Waals surface area (Å²) < 4.78 is 0. The summed E-state index contributed by atoms with van der Waals surface area (Å²) in [7, 11) is 1.96. The van der Waals surface area contributed by atoms with E-state index in [0.29, 0.717) is 12.3 Å². The number of hydrogen-bond acceptors (Lipinski definition) is 3. The second-order valence-electron chi connectivity index (χ2n) is 5.36. The predicted molar refractivity (Wildman–Crippen MR) is 76.1 cm³/mol. The molecule has 19 heavy (non-hydrogen) atoms. The molecule has 0 spiro atoms. The average molecular weight is 262 g/mol. The first-order chi connectivity index (χ1) is 9.13. The van der Waals surface area contributed by atoms with Crippen molar-refractivity contribution in [2.75, 3.05) is 31.6 Å². The molecule has 1 aromatic carbocycles. The highest BCUT2D eigenvalue weighted by Crippen LogP contribution is 2.22. The molecule has 1 heterocycles. The molecule has 104 valence electrons. The van der Waals surface area contributed by atoms with E-state index in [1.54, 1.807) is 0 Å². The lowest BCUT2D eigenvalue weighted by atomic mass is 10.1. The van der Waals surface area contributed by atoms with Crippen molar-refractivity contribution < 1.29 is 9.90 Å². The van der Waals surface area contributed by atoms with Crippen molar-refractivity contribution in [1.29, 1.82) is 0 Å². The van der Waals surface area contributed by atoms with Crippen molar-refractivity contribution in [3.05, 3.63) is 30.3 Å². The molecule has 4 heteroatoms. The van der Waals surface area contributed by atoms with Gasteiger partial charge in [0, 0.05) is 25.4 Å². The second kappa shape index (κ2) is 6.17. The summed E-state index contributed by atoms with van der Waals surface area (Å²) in [6, 6.07) is 9.55. The van der Waals surface area contributed by atoms with Crippen LogP contribution >= 0.6 is 0 Å². The summed E-state index contributed by atoms with van der Waals surface area (Å²) in [6.45, 7) is 3.80. The Balaban J connectivity index is 2.29. The van der Waals surface area contributed by atoms with Crippen molar-refractivity contribution >= 4 is 11.6 Å². The number of benzene rings is 1. The van der Waals surface area contributed by atoms with E-state index in [1.165, 1.54) is 0 Å². The maximum Gasteiger partial charge on any atom is 0.244 e. The van der Waals surface area contributed by atoms with Gasteiger partial charge in [-0.1, -0.05) is 25.1 Å². The Labute approximate surface area is 114 Å². The number of rotatable bonds is 3. The minimum Gasteiger partial charge on any atom is -0.396 e. The van der Waals surface area contributed by atoms with Crippen LogP contribution in [0.25, 0.3) is 0 Å². The number of para-hydroxylation sites is 1. The molecule has 1 aliphatic rings. The first-order valence-electron chi connectivity index (χ1n) is 6.81. The lowest BCUT2D eigenvalue weighted by Crippen LogP contribution is -2.45. The van der Waals surface area contributed by atoms with Gasteiger partial charge in [-0.2, -0.15) is 0 Å². The van der Waals surface area contributed by atoms with Crippen LogP contribution in [-0.4, -0.2) is 48.7 Å². The lowest BCUT2D eigenvalue weighted by molar-refractivity contribution is -0.123. The first kappa shape index (κ1) is 14.0. The third kappa shape index (κ3) is 3.14. The van der Waals surface area contributed by atoms with Crippen LogP contribution in [0.2, 0.25) is 0 Å². The fraction of sp³-hybridized carbons (Fsp3) is 0.533. The first-order valence-corrected chi connectivity index (χ1v) is 6.81. The minimum atomic E-state index is -0.227. The monoisotopic (exact) mass is 262 g/mol. The van der Waals surface area contributed by atoms with Crippen LogP contribution in [-0.2, 0) is 4.79 Å². The van der Waals surface area contributed by atoms with Gasteiger partial charge in [0.2, 0.25) is 5.91 Å². The molecule has 2 unspecified atom stereocenters. The molecular weight excluding hydrogens is 240 g/mol. The Morgan fingerprint density at radius 2 is 1.95 bits per heavy atom. The number of aliphatic hydroxyl groups is 1. The zero-order valence-electron chi connectivity index (χ0n) is 11.6. The molecule has 0 aromatic heterocycles. The zero-order chi connectivity index (χ0) is 13.8.